The zero-order chi connectivity index (χ0) is 14.9. The van der Waals surface area contributed by atoms with Gasteiger partial charge in [0, 0.05) is 16.7 Å². The Bertz CT molecular complexity index is 772. The summed E-state index contributed by atoms with van der Waals surface area (Å²) in [6.45, 7) is 1.87. The molecule has 0 saturated carbocycles. The van der Waals surface area contributed by atoms with Gasteiger partial charge < -0.3 is 10.6 Å². The van der Waals surface area contributed by atoms with Crippen molar-refractivity contribution in [1.29, 1.82) is 0 Å². The molecule has 1 heterocycles. The maximum atomic E-state index is 4.97. The van der Waals surface area contributed by atoms with Gasteiger partial charge in [0.1, 0.15) is 6.04 Å². The summed E-state index contributed by atoms with van der Waals surface area (Å²) >= 11 is 2.37. The van der Waals surface area contributed by atoms with Crippen molar-refractivity contribution in [2.45, 2.75) is 6.04 Å². The number of aliphatic imine (C=N–C) groups is 1. The van der Waals surface area contributed by atoms with Crippen molar-refractivity contribution in [2.24, 2.45) is 4.99 Å². The summed E-state index contributed by atoms with van der Waals surface area (Å²) in [7, 11) is 0. The van der Waals surface area contributed by atoms with Crippen molar-refractivity contribution in [3.63, 3.8) is 0 Å². The van der Waals surface area contributed by atoms with E-state index in [0.29, 0.717) is 0 Å². The smallest absolute Gasteiger partial charge is 0.192 e. The first-order chi connectivity index (χ1) is 10.8. The minimum atomic E-state index is 0.0176. The van der Waals surface area contributed by atoms with Crippen LogP contribution in [-0.2, 0) is 0 Å². The maximum absolute atomic E-state index is 4.97. The Morgan fingerprint density at radius 2 is 1.64 bits per heavy atom. The van der Waals surface area contributed by atoms with E-state index in [9.17, 15) is 0 Å². The highest BCUT2D eigenvalue weighted by molar-refractivity contribution is 14.1. The summed E-state index contributed by atoms with van der Waals surface area (Å²) in [5, 5.41) is 6.63. The van der Waals surface area contributed by atoms with Crippen molar-refractivity contribution in [3.05, 3.63) is 68.3 Å². The predicted molar refractivity (Wildman–Crippen MR) is 99.8 cm³/mol. The Hall–Kier alpha value is -1.82. The molecule has 1 aliphatic heterocycles. The highest BCUT2D eigenvalue weighted by atomic mass is 127. The molecule has 2 N–H and O–H groups in total. The fourth-order valence-electron chi connectivity index (χ4n) is 2.98. The summed E-state index contributed by atoms with van der Waals surface area (Å²) in [6.07, 6.45) is 4.39. The maximum Gasteiger partial charge on any atom is 0.192 e. The molecule has 1 aliphatic carbocycles. The second-order valence-electron chi connectivity index (χ2n) is 5.47. The van der Waals surface area contributed by atoms with Gasteiger partial charge in [0.25, 0.3) is 0 Å². The Labute approximate surface area is 143 Å². The van der Waals surface area contributed by atoms with Gasteiger partial charge in [0.05, 0.1) is 0 Å². The Morgan fingerprint density at radius 3 is 2.45 bits per heavy atom. The highest BCUT2D eigenvalue weighted by Crippen LogP contribution is 2.36. The van der Waals surface area contributed by atoms with Crippen LogP contribution in [0.15, 0.2) is 47.5 Å². The van der Waals surface area contributed by atoms with Gasteiger partial charge in [-0.25, -0.2) is 4.99 Å². The van der Waals surface area contributed by atoms with Crippen LogP contribution >= 0.6 is 22.6 Å². The van der Waals surface area contributed by atoms with E-state index < -0.39 is 0 Å². The normalized spacial score (nSPS) is 18.8. The van der Waals surface area contributed by atoms with Crippen LogP contribution in [-0.4, -0.2) is 19.0 Å². The summed E-state index contributed by atoms with van der Waals surface area (Å²) in [4.78, 5) is 4.97. The van der Waals surface area contributed by atoms with E-state index in [0.717, 1.165) is 19.0 Å². The van der Waals surface area contributed by atoms with Gasteiger partial charge in [0.2, 0.25) is 0 Å². The fourth-order valence-corrected chi connectivity index (χ4v) is 3.49. The molecule has 0 bridgehead atoms. The first-order valence-corrected chi connectivity index (χ1v) is 8.51. The van der Waals surface area contributed by atoms with Gasteiger partial charge in [-0.05, 0) is 57.0 Å². The first-order valence-electron chi connectivity index (χ1n) is 7.43. The quantitative estimate of drug-likeness (QED) is 0.719. The minimum Gasteiger partial charge on any atom is -0.355 e. The molecule has 0 aromatic heterocycles. The zero-order valence-electron chi connectivity index (χ0n) is 12.0. The zero-order valence-corrected chi connectivity index (χ0v) is 14.2. The molecule has 1 fully saturated rings. The predicted octanol–water partition coefficient (Wildman–Crippen LogP) is 3.41. The van der Waals surface area contributed by atoms with Crippen LogP contribution in [0.1, 0.15) is 28.3 Å². The molecule has 2 aromatic carbocycles. The average Bonchev–Trinajstić information content (AvgIpc) is 3.00. The van der Waals surface area contributed by atoms with Crippen molar-refractivity contribution in [3.8, 4) is 0 Å². The fraction of sp³-hybridized carbons (Fsp3) is 0.167. The van der Waals surface area contributed by atoms with Gasteiger partial charge in [-0.1, -0.05) is 42.5 Å². The SMILES string of the molecule is Ic1ccc2c(c1)C(N=C1NCCN1)c1ccccc1C=C2. The topological polar surface area (TPSA) is 36.4 Å². The number of hydrogen-bond donors (Lipinski definition) is 2. The summed E-state index contributed by atoms with van der Waals surface area (Å²) < 4.78 is 1.24. The van der Waals surface area contributed by atoms with Gasteiger partial charge in [-0.3, -0.25) is 0 Å². The number of guanidine groups is 1. The molecule has 0 amide bonds. The number of nitrogens with one attached hydrogen (secondary N) is 2. The molecule has 1 atom stereocenters. The number of halogens is 1. The summed E-state index contributed by atoms with van der Waals surface area (Å²) in [5.41, 5.74) is 4.99. The van der Waals surface area contributed by atoms with Gasteiger partial charge >= 0.3 is 0 Å². The molecular weight excluding hydrogens is 385 g/mol. The molecule has 0 radical (unpaired) electrons. The molecule has 1 unspecified atom stereocenters. The third-order valence-electron chi connectivity index (χ3n) is 4.04. The third kappa shape index (κ3) is 2.52. The van der Waals surface area contributed by atoms with Crippen LogP contribution in [0.3, 0.4) is 0 Å². The summed E-state index contributed by atoms with van der Waals surface area (Å²) in [6, 6.07) is 15.1. The lowest BCUT2D eigenvalue weighted by molar-refractivity contribution is 0.851. The number of benzene rings is 2. The molecule has 4 heteroatoms. The first kappa shape index (κ1) is 13.8. The lowest BCUT2D eigenvalue weighted by atomic mass is 9.95. The highest BCUT2D eigenvalue weighted by Gasteiger charge is 2.22. The largest absolute Gasteiger partial charge is 0.355 e. The van der Waals surface area contributed by atoms with Crippen LogP contribution in [0.5, 0.6) is 0 Å². The Balaban J connectivity index is 1.92. The number of hydrogen-bond acceptors (Lipinski definition) is 1. The number of fused-ring (bicyclic) bond motifs is 2. The van der Waals surface area contributed by atoms with Gasteiger partial charge in [0.15, 0.2) is 5.96 Å². The van der Waals surface area contributed by atoms with Crippen LogP contribution in [0, 0.1) is 3.57 Å². The van der Waals surface area contributed by atoms with Crippen LogP contribution in [0.4, 0.5) is 0 Å². The van der Waals surface area contributed by atoms with Crippen LogP contribution in [0.25, 0.3) is 12.2 Å². The van der Waals surface area contributed by atoms with Gasteiger partial charge in [-0.15, -0.1) is 0 Å². The standard InChI is InChI=1S/C18H16IN3/c19-14-8-7-13-6-5-12-3-1-2-4-15(12)17(16(13)11-14)22-18-20-9-10-21-18/h1-8,11,17H,9-10H2,(H2,20,21,22). The van der Waals surface area contributed by atoms with Crippen molar-refractivity contribution < 1.29 is 0 Å². The lowest BCUT2D eigenvalue weighted by Crippen LogP contribution is -2.25. The molecule has 2 aromatic rings. The molecule has 4 rings (SSSR count). The van der Waals surface area contributed by atoms with Crippen molar-refractivity contribution >= 4 is 40.7 Å². The van der Waals surface area contributed by atoms with E-state index in [2.05, 4.69) is 87.8 Å². The minimum absolute atomic E-state index is 0.0176. The lowest BCUT2D eigenvalue weighted by Gasteiger charge is -2.17. The molecule has 22 heavy (non-hydrogen) atoms. The molecule has 1 saturated heterocycles. The second kappa shape index (κ2) is 5.76. The number of nitrogens with zero attached hydrogens (tertiary/aromatic N) is 1. The van der Waals surface area contributed by atoms with Gasteiger partial charge in [-0.2, -0.15) is 0 Å². The van der Waals surface area contributed by atoms with E-state index in [1.165, 1.54) is 25.8 Å². The molecule has 110 valence electrons. The molecule has 2 aliphatic rings. The Kier molecular flexibility index (Phi) is 3.62. The molecule has 3 nitrogen and oxygen atoms in total. The van der Waals surface area contributed by atoms with E-state index in [4.69, 9.17) is 4.99 Å². The van der Waals surface area contributed by atoms with Crippen LogP contribution < -0.4 is 10.6 Å². The molecule has 0 spiro atoms. The second-order valence-corrected chi connectivity index (χ2v) is 6.71. The van der Waals surface area contributed by atoms with E-state index in [1.807, 2.05) is 0 Å². The van der Waals surface area contributed by atoms with E-state index in [1.54, 1.807) is 0 Å². The van der Waals surface area contributed by atoms with E-state index in [-0.39, 0.29) is 6.04 Å². The number of rotatable bonds is 1. The summed E-state index contributed by atoms with van der Waals surface area (Å²) in [5.74, 6) is 0.895. The van der Waals surface area contributed by atoms with Crippen LogP contribution in [0.2, 0.25) is 0 Å². The van der Waals surface area contributed by atoms with E-state index >= 15 is 0 Å². The van der Waals surface area contributed by atoms with Crippen molar-refractivity contribution in [2.75, 3.05) is 13.1 Å². The monoisotopic (exact) mass is 401 g/mol. The van der Waals surface area contributed by atoms with Crippen molar-refractivity contribution in [1.82, 2.24) is 10.6 Å². The third-order valence-corrected chi connectivity index (χ3v) is 4.72. The molecular formula is C18H16IN3. The average molecular weight is 401 g/mol. The Morgan fingerprint density at radius 1 is 0.909 bits per heavy atom.